The second-order valence-corrected chi connectivity index (χ2v) is 6.90. The molecule has 3 aliphatic rings. The van der Waals surface area contributed by atoms with Crippen molar-refractivity contribution in [2.75, 3.05) is 13.1 Å². The molecule has 0 bridgehead atoms. The van der Waals surface area contributed by atoms with Crippen LogP contribution in [0.2, 0.25) is 0 Å². The first kappa shape index (κ1) is 12.5. The van der Waals surface area contributed by atoms with Crippen LogP contribution in [-0.4, -0.2) is 23.5 Å². The van der Waals surface area contributed by atoms with E-state index in [9.17, 15) is 5.26 Å². The van der Waals surface area contributed by atoms with E-state index < -0.39 is 0 Å². The maximum absolute atomic E-state index is 9.73. The molecule has 0 N–H and O–H groups in total. The van der Waals surface area contributed by atoms with Crippen molar-refractivity contribution in [3.05, 3.63) is 0 Å². The van der Waals surface area contributed by atoms with Crippen LogP contribution in [0.15, 0.2) is 0 Å². The second kappa shape index (κ2) is 4.85. The van der Waals surface area contributed by atoms with Gasteiger partial charge in [-0.1, -0.05) is 19.3 Å². The van der Waals surface area contributed by atoms with Gasteiger partial charge in [-0.05, 0) is 69.9 Å². The quantitative estimate of drug-likeness (QED) is 0.702. The Hall–Kier alpha value is -0.550. The summed E-state index contributed by atoms with van der Waals surface area (Å²) in [5.74, 6) is 0. The van der Waals surface area contributed by atoms with Gasteiger partial charge in [0.25, 0.3) is 0 Å². The zero-order valence-electron chi connectivity index (χ0n) is 11.6. The molecule has 1 spiro atoms. The Kier molecular flexibility index (Phi) is 3.36. The van der Waals surface area contributed by atoms with Crippen LogP contribution in [0.5, 0.6) is 0 Å². The van der Waals surface area contributed by atoms with Gasteiger partial charge < -0.3 is 0 Å². The molecular formula is C16H26N2. The van der Waals surface area contributed by atoms with E-state index in [1.165, 1.54) is 70.9 Å². The van der Waals surface area contributed by atoms with Gasteiger partial charge in [0.2, 0.25) is 0 Å². The van der Waals surface area contributed by atoms with Crippen LogP contribution < -0.4 is 0 Å². The topological polar surface area (TPSA) is 27.0 Å². The Labute approximate surface area is 111 Å². The van der Waals surface area contributed by atoms with Gasteiger partial charge in [0.1, 0.15) is 5.54 Å². The zero-order chi connectivity index (χ0) is 12.5. The summed E-state index contributed by atoms with van der Waals surface area (Å²) < 4.78 is 0. The highest BCUT2D eigenvalue weighted by Crippen LogP contribution is 2.52. The van der Waals surface area contributed by atoms with E-state index in [1.807, 2.05) is 0 Å². The summed E-state index contributed by atoms with van der Waals surface area (Å²) in [6.07, 6.45) is 14.6. The van der Waals surface area contributed by atoms with Crippen molar-refractivity contribution < 1.29 is 0 Å². The Morgan fingerprint density at radius 2 is 1.33 bits per heavy atom. The molecule has 100 valence electrons. The average Bonchev–Trinajstić information content (AvgIpc) is 2.90. The van der Waals surface area contributed by atoms with Gasteiger partial charge in [-0.25, -0.2) is 0 Å². The van der Waals surface area contributed by atoms with Crippen molar-refractivity contribution in [2.24, 2.45) is 5.41 Å². The molecule has 2 nitrogen and oxygen atoms in total. The molecule has 0 aromatic heterocycles. The molecule has 2 heteroatoms. The van der Waals surface area contributed by atoms with E-state index in [4.69, 9.17) is 0 Å². The molecule has 2 saturated carbocycles. The van der Waals surface area contributed by atoms with Crippen LogP contribution in [0.25, 0.3) is 0 Å². The summed E-state index contributed by atoms with van der Waals surface area (Å²) in [5.41, 5.74) is 0.560. The van der Waals surface area contributed by atoms with E-state index >= 15 is 0 Å². The lowest BCUT2D eigenvalue weighted by Gasteiger charge is -2.48. The first-order valence-electron chi connectivity index (χ1n) is 7.95. The summed E-state index contributed by atoms with van der Waals surface area (Å²) in [6.45, 7) is 2.33. The minimum Gasteiger partial charge on any atom is -0.286 e. The minimum atomic E-state index is -0.0890. The van der Waals surface area contributed by atoms with E-state index in [0.29, 0.717) is 5.41 Å². The number of nitrogens with zero attached hydrogens (tertiary/aromatic N) is 2. The van der Waals surface area contributed by atoms with E-state index in [-0.39, 0.29) is 5.54 Å². The lowest BCUT2D eigenvalue weighted by atomic mass is 9.66. The number of rotatable bonds is 1. The Balaban J connectivity index is 1.69. The van der Waals surface area contributed by atoms with Crippen LogP contribution in [0, 0.1) is 16.7 Å². The highest BCUT2D eigenvalue weighted by molar-refractivity contribution is 5.13. The Morgan fingerprint density at radius 3 is 1.89 bits per heavy atom. The first-order valence-corrected chi connectivity index (χ1v) is 7.95. The fourth-order valence-electron chi connectivity index (χ4n) is 4.64. The molecule has 3 fully saturated rings. The molecule has 3 rings (SSSR count). The summed E-state index contributed by atoms with van der Waals surface area (Å²) in [4.78, 5) is 2.53. The number of piperidine rings is 1. The summed E-state index contributed by atoms with van der Waals surface area (Å²) >= 11 is 0. The highest BCUT2D eigenvalue weighted by Gasteiger charge is 2.47. The first-order chi connectivity index (χ1) is 8.79. The zero-order valence-corrected chi connectivity index (χ0v) is 11.6. The molecule has 0 aromatic rings. The lowest BCUT2D eigenvalue weighted by molar-refractivity contribution is 0.0338. The van der Waals surface area contributed by atoms with Crippen LogP contribution >= 0.6 is 0 Å². The van der Waals surface area contributed by atoms with Gasteiger partial charge in [0, 0.05) is 0 Å². The lowest BCUT2D eigenvalue weighted by Crippen LogP contribution is -2.53. The summed E-state index contributed by atoms with van der Waals surface area (Å²) in [6, 6.07) is 2.72. The standard InChI is InChI=1S/C16H26N2/c17-14-16(18-12-4-1-5-13-18)10-8-15(9-11-16)6-2-3-7-15/h1-13H2. The van der Waals surface area contributed by atoms with Crippen LogP contribution in [0.4, 0.5) is 0 Å². The van der Waals surface area contributed by atoms with Gasteiger partial charge in [-0.15, -0.1) is 0 Å². The van der Waals surface area contributed by atoms with Gasteiger partial charge in [0.05, 0.1) is 6.07 Å². The van der Waals surface area contributed by atoms with Crippen molar-refractivity contribution in [3.8, 4) is 6.07 Å². The van der Waals surface area contributed by atoms with Crippen LogP contribution in [0.1, 0.15) is 70.6 Å². The molecular weight excluding hydrogens is 220 g/mol. The maximum atomic E-state index is 9.73. The molecule has 2 aliphatic carbocycles. The molecule has 1 heterocycles. The average molecular weight is 246 g/mol. The molecule has 1 saturated heterocycles. The van der Waals surface area contributed by atoms with E-state index in [0.717, 1.165) is 12.8 Å². The molecule has 0 aromatic carbocycles. The van der Waals surface area contributed by atoms with Crippen LogP contribution in [0.3, 0.4) is 0 Å². The van der Waals surface area contributed by atoms with Gasteiger partial charge in [-0.3, -0.25) is 4.90 Å². The summed E-state index contributed by atoms with van der Waals surface area (Å²) in [5, 5.41) is 9.73. The van der Waals surface area contributed by atoms with Crippen molar-refractivity contribution in [3.63, 3.8) is 0 Å². The minimum absolute atomic E-state index is 0.0890. The Bertz CT molecular complexity index is 319. The molecule has 1 aliphatic heterocycles. The smallest absolute Gasteiger partial charge is 0.109 e. The van der Waals surface area contributed by atoms with Crippen molar-refractivity contribution >= 4 is 0 Å². The molecule has 0 unspecified atom stereocenters. The van der Waals surface area contributed by atoms with E-state index in [2.05, 4.69) is 11.0 Å². The number of nitriles is 1. The fourth-order valence-corrected chi connectivity index (χ4v) is 4.64. The van der Waals surface area contributed by atoms with Crippen molar-refractivity contribution in [1.82, 2.24) is 4.90 Å². The van der Waals surface area contributed by atoms with Crippen molar-refractivity contribution in [2.45, 2.75) is 76.2 Å². The SMILES string of the molecule is N#CC1(N2CCCCC2)CCC2(CCCC2)CC1. The van der Waals surface area contributed by atoms with Crippen LogP contribution in [-0.2, 0) is 0 Å². The molecule has 0 amide bonds. The van der Waals surface area contributed by atoms with Gasteiger partial charge in [0.15, 0.2) is 0 Å². The predicted octanol–water partition coefficient (Wildman–Crippen LogP) is 3.87. The maximum Gasteiger partial charge on any atom is 0.109 e. The van der Waals surface area contributed by atoms with Crippen molar-refractivity contribution in [1.29, 1.82) is 5.26 Å². The van der Waals surface area contributed by atoms with E-state index in [1.54, 1.807) is 0 Å². The highest BCUT2D eigenvalue weighted by atomic mass is 15.2. The predicted molar refractivity (Wildman–Crippen MR) is 73.1 cm³/mol. The fraction of sp³-hybridized carbons (Fsp3) is 0.938. The number of likely N-dealkylation sites (tertiary alicyclic amines) is 1. The third kappa shape index (κ3) is 2.07. The normalized spacial score (nSPS) is 31.3. The summed E-state index contributed by atoms with van der Waals surface area (Å²) in [7, 11) is 0. The molecule has 0 radical (unpaired) electrons. The number of hydrogen-bond donors (Lipinski definition) is 0. The molecule has 0 atom stereocenters. The number of hydrogen-bond acceptors (Lipinski definition) is 2. The third-order valence-electron chi connectivity index (χ3n) is 5.97. The van der Waals surface area contributed by atoms with Gasteiger partial charge in [-0.2, -0.15) is 5.26 Å². The largest absolute Gasteiger partial charge is 0.286 e. The van der Waals surface area contributed by atoms with Gasteiger partial charge >= 0.3 is 0 Å². The second-order valence-electron chi connectivity index (χ2n) is 6.90. The molecule has 18 heavy (non-hydrogen) atoms. The monoisotopic (exact) mass is 246 g/mol. The third-order valence-corrected chi connectivity index (χ3v) is 5.97. The Morgan fingerprint density at radius 1 is 0.722 bits per heavy atom.